The van der Waals surface area contributed by atoms with Crippen LogP contribution in [0, 0.1) is 0 Å². The SMILES string of the molecule is C=C(Cl)CC=COC=CCC(=C)Cl. The molecule has 0 spiro atoms. The van der Waals surface area contributed by atoms with Gasteiger partial charge in [0.25, 0.3) is 0 Å². The standard InChI is InChI=1S/C10H12Cl2O/c1-9(11)5-3-7-13-8-4-6-10(2)12/h3-4,7-8H,1-2,5-6H2. The number of allylic oxidation sites excluding steroid dienone is 4. The predicted molar refractivity (Wildman–Crippen MR) is 58.6 cm³/mol. The lowest BCUT2D eigenvalue weighted by atomic mass is 10.4. The molecule has 0 N–H and O–H groups in total. The smallest absolute Gasteiger partial charge is 0.0865 e. The van der Waals surface area contributed by atoms with Crippen LogP contribution >= 0.6 is 23.2 Å². The number of rotatable bonds is 6. The van der Waals surface area contributed by atoms with Crippen molar-refractivity contribution >= 4 is 23.2 Å². The van der Waals surface area contributed by atoms with Gasteiger partial charge in [0, 0.05) is 22.9 Å². The molecule has 0 amide bonds. The molecule has 0 bridgehead atoms. The average molecular weight is 219 g/mol. The highest BCUT2D eigenvalue weighted by molar-refractivity contribution is 6.29. The Kier molecular flexibility index (Phi) is 7.56. The van der Waals surface area contributed by atoms with E-state index in [-0.39, 0.29) is 0 Å². The van der Waals surface area contributed by atoms with E-state index in [2.05, 4.69) is 13.2 Å². The Morgan fingerprint density at radius 1 is 1.00 bits per heavy atom. The quantitative estimate of drug-likeness (QED) is 0.604. The molecular formula is C10H12Cl2O. The van der Waals surface area contributed by atoms with E-state index in [1.165, 1.54) is 0 Å². The van der Waals surface area contributed by atoms with Crippen molar-refractivity contribution in [3.63, 3.8) is 0 Å². The second-order valence-electron chi connectivity index (χ2n) is 2.32. The summed E-state index contributed by atoms with van der Waals surface area (Å²) in [4.78, 5) is 0. The molecule has 0 aliphatic rings. The Hall–Kier alpha value is -0.660. The Morgan fingerprint density at radius 3 is 1.69 bits per heavy atom. The van der Waals surface area contributed by atoms with E-state index < -0.39 is 0 Å². The maximum absolute atomic E-state index is 5.51. The maximum Gasteiger partial charge on any atom is 0.0865 e. The van der Waals surface area contributed by atoms with Crippen molar-refractivity contribution in [2.75, 3.05) is 0 Å². The summed E-state index contributed by atoms with van der Waals surface area (Å²) in [7, 11) is 0. The second kappa shape index (κ2) is 7.96. The molecule has 0 aliphatic heterocycles. The van der Waals surface area contributed by atoms with Crippen LogP contribution in [0.1, 0.15) is 12.8 Å². The Labute approximate surface area is 89.0 Å². The van der Waals surface area contributed by atoms with Crippen LogP contribution in [0.5, 0.6) is 0 Å². The van der Waals surface area contributed by atoms with Crippen LogP contribution in [0.15, 0.2) is 47.9 Å². The van der Waals surface area contributed by atoms with E-state index in [0.29, 0.717) is 22.9 Å². The summed E-state index contributed by atoms with van der Waals surface area (Å²) in [6.07, 6.45) is 7.85. The lowest BCUT2D eigenvalue weighted by Crippen LogP contribution is -1.69. The minimum absolute atomic E-state index is 0.581. The lowest BCUT2D eigenvalue weighted by Gasteiger charge is -1.90. The van der Waals surface area contributed by atoms with Crippen LogP contribution in [-0.2, 0) is 4.74 Å². The minimum atomic E-state index is 0.581. The predicted octanol–water partition coefficient (Wildman–Crippen LogP) is 4.32. The number of hydrogen-bond acceptors (Lipinski definition) is 1. The van der Waals surface area contributed by atoms with Gasteiger partial charge in [-0.25, -0.2) is 0 Å². The molecule has 0 radical (unpaired) electrons. The molecule has 0 atom stereocenters. The van der Waals surface area contributed by atoms with Crippen molar-refractivity contribution < 1.29 is 4.74 Å². The monoisotopic (exact) mass is 218 g/mol. The van der Waals surface area contributed by atoms with Crippen molar-refractivity contribution in [1.82, 2.24) is 0 Å². The number of hydrogen-bond donors (Lipinski definition) is 0. The van der Waals surface area contributed by atoms with Crippen molar-refractivity contribution in [3.8, 4) is 0 Å². The molecule has 0 heterocycles. The highest BCUT2D eigenvalue weighted by atomic mass is 35.5. The molecule has 1 nitrogen and oxygen atoms in total. The largest absolute Gasteiger partial charge is 0.473 e. The third-order valence-corrected chi connectivity index (χ3v) is 1.34. The van der Waals surface area contributed by atoms with Gasteiger partial charge in [0.15, 0.2) is 0 Å². The van der Waals surface area contributed by atoms with Crippen molar-refractivity contribution in [2.24, 2.45) is 0 Å². The van der Waals surface area contributed by atoms with Gasteiger partial charge in [-0.2, -0.15) is 0 Å². The summed E-state index contributed by atoms with van der Waals surface area (Å²) in [5, 5.41) is 1.16. The highest BCUT2D eigenvalue weighted by Gasteiger charge is 1.81. The van der Waals surface area contributed by atoms with Gasteiger partial charge in [0.1, 0.15) is 0 Å². The minimum Gasteiger partial charge on any atom is -0.473 e. The Morgan fingerprint density at radius 2 is 1.38 bits per heavy atom. The number of ether oxygens (including phenoxy) is 1. The van der Waals surface area contributed by atoms with Crippen LogP contribution in [0.4, 0.5) is 0 Å². The Bertz CT molecular complexity index is 205. The van der Waals surface area contributed by atoms with Gasteiger partial charge in [-0.05, 0) is 12.2 Å². The van der Waals surface area contributed by atoms with E-state index >= 15 is 0 Å². The zero-order chi connectivity index (χ0) is 10.1. The second-order valence-corrected chi connectivity index (χ2v) is 3.39. The van der Waals surface area contributed by atoms with Crippen molar-refractivity contribution in [3.05, 3.63) is 47.9 Å². The fourth-order valence-electron chi connectivity index (χ4n) is 0.508. The first kappa shape index (κ1) is 12.3. The average Bonchev–Trinajstić information content (AvgIpc) is 2.01. The van der Waals surface area contributed by atoms with Crippen molar-refractivity contribution in [1.29, 1.82) is 0 Å². The first-order valence-corrected chi connectivity index (χ1v) is 4.50. The van der Waals surface area contributed by atoms with Crippen LogP contribution < -0.4 is 0 Å². The summed E-state index contributed by atoms with van der Waals surface area (Å²) in [5.74, 6) is 0. The summed E-state index contributed by atoms with van der Waals surface area (Å²) in [6, 6.07) is 0. The topological polar surface area (TPSA) is 9.23 Å². The molecule has 0 unspecified atom stereocenters. The third-order valence-electron chi connectivity index (χ3n) is 1.03. The molecule has 0 fully saturated rings. The molecule has 0 saturated carbocycles. The lowest BCUT2D eigenvalue weighted by molar-refractivity contribution is 0.400. The Balaban J connectivity index is 3.43. The summed E-state index contributed by atoms with van der Waals surface area (Å²) in [5.41, 5.74) is 0. The maximum atomic E-state index is 5.51. The molecular weight excluding hydrogens is 207 g/mol. The van der Waals surface area contributed by atoms with Gasteiger partial charge in [0.2, 0.25) is 0 Å². The highest BCUT2D eigenvalue weighted by Crippen LogP contribution is 2.04. The molecule has 0 aliphatic carbocycles. The van der Waals surface area contributed by atoms with Gasteiger partial charge in [-0.1, -0.05) is 36.4 Å². The van der Waals surface area contributed by atoms with Gasteiger partial charge in [0.05, 0.1) is 12.5 Å². The molecule has 0 aromatic rings. The molecule has 0 saturated heterocycles. The van der Waals surface area contributed by atoms with E-state index in [4.69, 9.17) is 27.9 Å². The van der Waals surface area contributed by atoms with Gasteiger partial charge in [-0.3, -0.25) is 0 Å². The zero-order valence-corrected chi connectivity index (χ0v) is 8.81. The van der Waals surface area contributed by atoms with Crippen molar-refractivity contribution in [2.45, 2.75) is 12.8 Å². The van der Waals surface area contributed by atoms with Crippen LogP contribution in [-0.4, -0.2) is 0 Å². The van der Waals surface area contributed by atoms with E-state index in [9.17, 15) is 0 Å². The van der Waals surface area contributed by atoms with E-state index in [0.717, 1.165) is 0 Å². The number of halogens is 2. The summed E-state index contributed by atoms with van der Waals surface area (Å²) in [6.45, 7) is 7.05. The zero-order valence-electron chi connectivity index (χ0n) is 7.30. The summed E-state index contributed by atoms with van der Waals surface area (Å²) >= 11 is 11.0. The first-order valence-electron chi connectivity index (χ1n) is 3.75. The fourth-order valence-corrected chi connectivity index (χ4v) is 0.687. The fraction of sp³-hybridized carbons (Fsp3) is 0.200. The van der Waals surface area contributed by atoms with E-state index in [1.807, 2.05) is 0 Å². The van der Waals surface area contributed by atoms with Crippen LogP contribution in [0.2, 0.25) is 0 Å². The molecule has 72 valence electrons. The molecule has 13 heavy (non-hydrogen) atoms. The van der Waals surface area contributed by atoms with Crippen LogP contribution in [0.3, 0.4) is 0 Å². The first-order chi connectivity index (χ1) is 6.13. The van der Waals surface area contributed by atoms with Gasteiger partial charge >= 0.3 is 0 Å². The third kappa shape index (κ3) is 11.3. The van der Waals surface area contributed by atoms with Crippen LogP contribution in [0.25, 0.3) is 0 Å². The molecule has 0 aromatic carbocycles. The molecule has 0 aromatic heterocycles. The molecule has 0 rings (SSSR count). The normalized spacial score (nSPS) is 10.9. The van der Waals surface area contributed by atoms with Gasteiger partial charge in [-0.15, -0.1) is 0 Å². The molecule has 3 heteroatoms. The van der Waals surface area contributed by atoms with Gasteiger partial charge < -0.3 is 4.74 Å². The van der Waals surface area contributed by atoms with E-state index in [1.54, 1.807) is 24.7 Å². The summed E-state index contributed by atoms with van der Waals surface area (Å²) < 4.78 is 4.97.